The van der Waals surface area contributed by atoms with E-state index in [9.17, 15) is 39.4 Å². The minimum absolute atomic E-state index is 0.00382. The maximum atomic E-state index is 13.3. The fourth-order valence-electron chi connectivity index (χ4n) is 4.04. The van der Waals surface area contributed by atoms with Gasteiger partial charge < -0.3 is 29.2 Å². The Morgan fingerprint density at radius 1 is 1.00 bits per heavy atom. The first-order valence-corrected chi connectivity index (χ1v) is 13.1. The molecule has 1 aliphatic rings. The molecule has 16 nitrogen and oxygen atoms in total. The molecule has 0 spiro atoms. The zero-order chi connectivity index (χ0) is 32.0. The van der Waals surface area contributed by atoms with E-state index in [4.69, 9.17) is 18.9 Å². The van der Waals surface area contributed by atoms with E-state index in [-0.39, 0.29) is 49.4 Å². The van der Waals surface area contributed by atoms with Gasteiger partial charge in [0.25, 0.3) is 5.69 Å². The van der Waals surface area contributed by atoms with Crippen LogP contribution in [0.3, 0.4) is 0 Å². The van der Waals surface area contributed by atoms with Crippen molar-refractivity contribution in [2.75, 3.05) is 24.7 Å². The summed E-state index contributed by atoms with van der Waals surface area (Å²) in [5, 5.41) is 26.0. The lowest BCUT2D eigenvalue weighted by Gasteiger charge is -2.26. The summed E-state index contributed by atoms with van der Waals surface area (Å²) in [5.74, 6) is -2.68. The van der Waals surface area contributed by atoms with Crippen LogP contribution >= 0.6 is 0 Å². The average Bonchev–Trinajstić information content (AvgIpc) is 3.27. The molecular formula is C26H36N4O12. The van der Waals surface area contributed by atoms with Crippen molar-refractivity contribution < 1.29 is 48.0 Å². The lowest BCUT2D eigenvalue weighted by atomic mass is 10.1. The third kappa shape index (κ3) is 9.27. The van der Waals surface area contributed by atoms with Crippen molar-refractivity contribution in [1.82, 2.24) is 5.32 Å². The molecule has 0 aliphatic carbocycles. The second kappa shape index (κ2) is 13.4. The molecule has 1 aromatic carbocycles. The summed E-state index contributed by atoms with van der Waals surface area (Å²) in [6.07, 6.45) is -1.57. The Bertz CT molecular complexity index is 1250. The molecule has 0 bridgehead atoms. The van der Waals surface area contributed by atoms with Gasteiger partial charge >= 0.3 is 23.7 Å². The second-order valence-electron chi connectivity index (χ2n) is 11.2. The van der Waals surface area contributed by atoms with E-state index < -0.39 is 69.0 Å². The standard InChI is InChI=1S/C26H36N4O12/c1-8-39-20(32)14-40-22-15-11-12-28(21(15)17(29(35)36)13-18(22)30(37)38)19(31)10-9-16(23(33)41-25(2,3)4)27-24(34)42-26(5,6)7/h13,16H,8-12,14H2,1-7H3,(H,27,34)/t16-/m0/s1. The number of ether oxygens (including phenoxy) is 4. The normalized spacial score (nSPS) is 13.5. The van der Waals surface area contributed by atoms with E-state index in [2.05, 4.69) is 5.32 Å². The lowest BCUT2D eigenvalue weighted by molar-refractivity contribution is -0.394. The first-order chi connectivity index (χ1) is 19.3. The van der Waals surface area contributed by atoms with E-state index in [0.29, 0.717) is 6.07 Å². The molecule has 0 saturated heterocycles. The minimum atomic E-state index is -1.29. The van der Waals surface area contributed by atoms with Crippen LogP contribution in [0.1, 0.15) is 66.9 Å². The molecule has 1 N–H and O–H groups in total. The van der Waals surface area contributed by atoms with Crippen LogP contribution in [-0.4, -0.2) is 70.8 Å². The number of alkyl carbamates (subject to hydrolysis) is 1. The molecule has 16 heteroatoms. The molecule has 0 unspecified atom stereocenters. The largest absolute Gasteiger partial charge is 0.475 e. The summed E-state index contributed by atoms with van der Waals surface area (Å²) < 4.78 is 20.7. The van der Waals surface area contributed by atoms with Crippen LogP contribution in [0.4, 0.5) is 21.9 Å². The molecule has 1 heterocycles. The van der Waals surface area contributed by atoms with Crippen molar-refractivity contribution in [3.63, 3.8) is 0 Å². The van der Waals surface area contributed by atoms with Crippen LogP contribution in [-0.2, 0) is 35.0 Å². The number of rotatable bonds is 11. The summed E-state index contributed by atoms with van der Waals surface area (Å²) >= 11 is 0. The van der Waals surface area contributed by atoms with Crippen LogP contribution < -0.4 is 15.0 Å². The van der Waals surface area contributed by atoms with Gasteiger partial charge in [-0.25, -0.2) is 14.4 Å². The molecule has 232 valence electrons. The van der Waals surface area contributed by atoms with Gasteiger partial charge in [-0.3, -0.25) is 25.0 Å². The van der Waals surface area contributed by atoms with Crippen molar-refractivity contribution in [1.29, 1.82) is 0 Å². The van der Waals surface area contributed by atoms with Gasteiger partial charge in [-0.2, -0.15) is 0 Å². The number of hydrogen-bond donors (Lipinski definition) is 1. The SMILES string of the molecule is CCOC(=O)COc1c([N+](=O)[O-])cc([N+](=O)[O-])c2c1CCN2C(=O)CC[C@H](NC(=O)OC(C)(C)C)C(=O)OC(C)(C)C. The fourth-order valence-corrected chi connectivity index (χ4v) is 4.04. The maximum Gasteiger partial charge on any atom is 0.408 e. The second-order valence-corrected chi connectivity index (χ2v) is 11.2. The van der Waals surface area contributed by atoms with Crippen molar-refractivity contribution >= 4 is 41.0 Å². The zero-order valence-electron chi connectivity index (χ0n) is 24.6. The molecule has 1 atom stereocenters. The van der Waals surface area contributed by atoms with Gasteiger partial charge in [-0.1, -0.05) is 0 Å². The number of nitrogens with zero attached hydrogens (tertiary/aromatic N) is 3. The molecular weight excluding hydrogens is 560 g/mol. The van der Waals surface area contributed by atoms with Crippen molar-refractivity contribution in [2.24, 2.45) is 0 Å². The molecule has 0 fully saturated rings. The van der Waals surface area contributed by atoms with E-state index in [1.807, 2.05) is 0 Å². The number of nitro groups is 2. The highest BCUT2D eigenvalue weighted by atomic mass is 16.6. The first-order valence-electron chi connectivity index (χ1n) is 13.1. The molecule has 42 heavy (non-hydrogen) atoms. The Morgan fingerprint density at radius 3 is 2.12 bits per heavy atom. The predicted molar refractivity (Wildman–Crippen MR) is 146 cm³/mol. The van der Waals surface area contributed by atoms with Crippen LogP contribution in [0.25, 0.3) is 0 Å². The minimum Gasteiger partial charge on any atom is -0.475 e. The van der Waals surface area contributed by atoms with Crippen LogP contribution in [0.2, 0.25) is 0 Å². The number of carbonyl (C=O) groups excluding carboxylic acids is 4. The Kier molecular flexibility index (Phi) is 10.8. The van der Waals surface area contributed by atoms with Crippen LogP contribution in [0.15, 0.2) is 6.07 Å². The van der Waals surface area contributed by atoms with Crippen molar-refractivity contribution in [2.45, 2.75) is 85.0 Å². The first kappa shape index (κ1) is 33.7. The summed E-state index contributed by atoms with van der Waals surface area (Å²) in [6, 6.07) is -0.626. The zero-order valence-corrected chi connectivity index (χ0v) is 24.6. The number of nitrogens with one attached hydrogen (secondary N) is 1. The quantitative estimate of drug-likeness (QED) is 0.169. The third-order valence-corrected chi connectivity index (χ3v) is 5.53. The van der Waals surface area contributed by atoms with E-state index in [1.165, 1.54) is 0 Å². The molecule has 1 aliphatic heterocycles. The maximum absolute atomic E-state index is 13.3. The van der Waals surface area contributed by atoms with Crippen molar-refractivity contribution in [3.05, 3.63) is 31.9 Å². The molecule has 1 aromatic rings. The van der Waals surface area contributed by atoms with Gasteiger partial charge in [0.2, 0.25) is 11.7 Å². The Labute approximate surface area is 241 Å². The Hall–Kier alpha value is -4.50. The smallest absolute Gasteiger partial charge is 0.408 e. The summed E-state index contributed by atoms with van der Waals surface area (Å²) in [4.78, 5) is 73.3. The number of amides is 2. The number of nitro benzene ring substituents is 2. The highest BCUT2D eigenvalue weighted by Gasteiger charge is 2.40. The number of esters is 2. The van der Waals surface area contributed by atoms with E-state index >= 15 is 0 Å². The number of carbonyl (C=O) groups is 4. The third-order valence-electron chi connectivity index (χ3n) is 5.53. The molecule has 0 saturated carbocycles. The molecule has 0 radical (unpaired) electrons. The van der Waals surface area contributed by atoms with Crippen LogP contribution in [0, 0.1) is 20.2 Å². The topological polar surface area (TPSA) is 207 Å². The monoisotopic (exact) mass is 596 g/mol. The fraction of sp³-hybridized carbons (Fsp3) is 0.615. The van der Waals surface area contributed by atoms with Gasteiger partial charge in [-0.05, 0) is 61.3 Å². The number of benzene rings is 1. The highest BCUT2D eigenvalue weighted by Crippen LogP contribution is 2.47. The number of hydrogen-bond acceptors (Lipinski definition) is 12. The molecule has 2 rings (SSSR count). The highest BCUT2D eigenvalue weighted by molar-refractivity contribution is 6.00. The lowest BCUT2D eigenvalue weighted by Crippen LogP contribution is -2.46. The van der Waals surface area contributed by atoms with E-state index in [1.54, 1.807) is 48.5 Å². The summed E-state index contributed by atoms with van der Waals surface area (Å²) in [5.41, 5.74) is -3.44. The molecule has 2 amide bonds. The Balaban J connectivity index is 2.39. The van der Waals surface area contributed by atoms with Gasteiger partial charge in [0.05, 0.1) is 16.5 Å². The van der Waals surface area contributed by atoms with E-state index in [0.717, 1.165) is 4.90 Å². The van der Waals surface area contributed by atoms with Gasteiger partial charge in [0.1, 0.15) is 29.0 Å². The summed E-state index contributed by atoms with van der Waals surface area (Å²) in [6.45, 7) is 10.6. The van der Waals surface area contributed by atoms with Crippen molar-refractivity contribution in [3.8, 4) is 5.75 Å². The van der Waals surface area contributed by atoms with Gasteiger partial charge in [0, 0.05) is 18.5 Å². The van der Waals surface area contributed by atoms with Crippen LogP contribution in [0.5, 0.6) is 5.75 Å². The molecule has 0 aromatic heterocycles. The summed E-state index contributed by atoms with van der Waals surface area (Å²) in [7, 11) is 0. The average molecular weight is 597 g/mol. The van der Waals surface area contributed by atoms with Gasteiger partial charge in [0.15, 0.2) is 6.61 Å². The Morgan fingerprint density at radius 2 is 1.60 bits per heavy atom. The van der Waals surface area contributed by atoms with Gasteiger partial charge in [-0.15, -0.1) is 0 Å². The number of fused-ring (bicyclic) bond motifs is 1. The predicted octanol–water partition coefficient (Wildman–Crippen LogP) is 3.35. The number of anilines is 1.